The fourth-order valence-corrected chi connectivity index (χ4v) is 3.95. The summed E-state index contributed by atoms with van der Waals surface area (Å²) in [5.74, 6) is 0.633. The van der Waals surface area contributed by atoms with E-state index in [-0.39, 0.29) is 30.6 Å². The maximum absolute atomic E-state index is 12.3. The first-order chi connectivity index (χ1) is 14.5. The molecule has 2 fully saturated rings. The Hall–Kier alpha value is -2.17. The maximum Gasteiger partial charge on any atom is 0.319 e. The molecule has 3 heterocycles. The molecule has 0 unspecified atom stereocenters. The van der Waals surface area contributed by atoms with Gasteiger partial charge >= 0.3 is 6.03 Å². The van der Waals surface area contributed by atoms with Gasteiger partial charge in [-0.1, -0.05) is 5.16 Å². The molecule has 10 nitrogen and oxygen atoms in total. The summed E-state index contributed by atoms with van der Waals surface area (Å²) in [5, 5.41) is 22.1. The van der Waals surface area contributed by atoms with Crippen LogP contribution in [0.25, 0.3) is 0 Å². The molecule has 2 aliphatic heterocycles. The number of carbonyl (C=O) groups is 2. The van der Waals surface area contributed by atoms with Crippen LogP contribution < -0.4 is 16.0 Å². The molecule has 2 saturated heterocycles. The van der Waals surface area contributed by atoms with E-state index >= 15 is 0 Å². The minimum Gasteiger partial charge on any atom is -0.394 e. The van der Waals surface area contributed by atoms with Crippen molar-refractivity contribution in [2.75, 3.05) is 31.7 Å². The number of hydrogen-bond acceptors (Lipinski definition) is 7. The summed E-state index contributed by atoms with van der Waals surface area (Å²) in [7, 11) is 0. The summed E-state index contributed by atoms with van der Waals surface area (Å²) in [6, 6.07) is -0.692. The van der Waals surface area contributed by atoms with Crippen molar-refractivity contribution in [1.82, 2.24) is 15.8 Å². The van der Waals surface area contributed by atoms with E-state index in [0.29, 0.717) is 49.7 Å². The lowest BCUT2D eigenvalue weighted by Crippen LogP contribution is -2.52. The van der Waals surface area contributed by atoms with Crippen molar-refractivity contribution in [3.63, 3.8) is 0 Å². The quantitative estimate of drug-likeness (QED) is 0.517. The van der Waals surface area contributed by atoms with Crippen molar-refractivity contribution in [1.29, 1.82) is 0 Å². The molecule has 3 amide bonds. The number of nitrogens with zero attached hydrogens (tertiary/aromatic N) is 1. The van der Waals surface area contributed by atoms with E-state index in [0.717, 1.165) is 19.3 Å². The average molecular weight is 424 g/mol. The number of hydrogen-bond donors (Lipinski definition) is 4. The first-order valence-electron chi connectivity index (χ1n) is 10.6. The van der Waals surface area contributed by atoms with E-state index < -0.39 is 12.1 Å². The second-order valence-corrected chi connectivity index (χ2v) is 7.93. The van der Waals surface area contributed by atoms with Gasteiger partial charge in [0.1, 0.15) is 17.5 Å². The first-order valence-corrected chi connectivity index (χ1v) is 10.6. The molecule has 0 radical (unpaired) electrons. The second-order valence-electron chi connectivity index (χ2n) is 7.93. The fraction of sp³-hybridized carbons (Fsp3) is 0.750. The molecule has 4 N–H and O–H groups in total. The van der Waals surface area contributed by atoms with Crippen molar-refractivity contribution in [3.05, 3.63) is 11.5 Å². The third kappa shape index (κ3) is 5.93. The topological polar surface area (TPSA) is 135 Å². The van der Waals surface area contributed by atoms with Crippen LogP contribution >= 0.6 is 0 Å². The van der Waals surface area contributed by atoms with Gasteiger partial charge in [0.15, 0.2) is 5.76 Å². The fourth-order valence-electron chi connectivity index (χ4n) is 3.95. The van der Waals surface area contributed by atoms with Gasteiger partial charge in [0.05, 0.1) is 18.8 Å². The van der Waals surface area contributed by atoms with Crippen molar-refractivity contribution in [3.8, 4) is 0 Å². The highest BCUT2D eigenvalue weighted by Gasteiger charge is 2.32. The molecule has 0 aliphatic carbocycles. The number of urea groups is 1. The molecule has 1 aromatic heterocycles. The highest BCUT2D eigenvalue weighted by atomic mass is 16.5. The van der Waals surface area contributed by atoms with E-state index in [2.05, 4.69) is 21.1 Å². The summed E-state index contributed by atoms with van der Waals surface area (Å²) in [6.07, 6.45) is 3.05. The van der Waals surface area contributed by atoms with Crippen LogP contribution in [-0.4, -0.2) is 66.8 Å². The van der Waals surface area contributed by atoms with Crippen LogP contribution in [-0.2, 0) is 14.3 Å². The van der Waals surface area contributed by atoms with Gasteiger partial charge in [0.25, 0.3) is 0 Å². The molecule has 0 saturated carbocycles. The first kappa shape index (κ1) is 22.5. The zero-order valence-corrected chi connectivity index (χ0v) is 17.6. The maximum atomic E-state index is 12.3. The predicted octanol–water partition coefficient (Wildman–Crippen LogP) is 1.25. The lowest BCUT2D eigenvalue weighted by Gasteiger charge is -2.36. The number of ether oxygens (including phenoxy) is 2. The third-order valence-electron chi connectivity index (χ3n) is 5.74. The SMILES string of the molecule is Cc1noc(C)c1NC(=O)N[C@@H]1CC[C@H](CCNC(=O)C2CCOCC2)O[C@@H]1CO. The summed E-state index contributed by atoms with van der Waals surface area (Å²) in [5.41, 5.74) is 1.15. The van der Waals surface area contributed by atoms with Crippen molar-refractivity contribution >= 4 is 17.6 Å². The minimum atomic E-state index is -0.495. The molecule has 3 atom stereocenters. The Morgan fingerprint density at radius 1 is 1.17 bits per heavy atom. The molecule has 0 spiro atoms. The van der Waals surface area contributed by atoms with Gasteiger partial charge in [-0.25, -0.2) is 4.79 Å². The van der Waals surface area contributed by atoms with E-state index in [1.807, 2.05) is 0 Å². The number of nitrogens with one attached hydrogen (secondary N) is 3. The number of aromatic nitrogens is 1. The van der Waals surface area contributed by atoms with Crippen molar-refractivity contribution < 1.29 is 28.7 Å². The van der Waals surface area contributed by atoms with E-state index in [1.54, 1.807) is 13.8 Å². The summed E-state index contributed by atoms with van der Waals surface area (Å²) in [4.78, 5) is 24.5. The van der Waals surface area contributed by atoms with Crippen LogP contribution in [0.1, 0.15) is 43.6 Å². The van der Waals surface area contributed by atoms with Gasteiger partial charge in [-0.3, -0.25) is 4.79 Å². The van der Waals surface area contributed by atoms with Gasteiger partial charge in [0.2, 0.25) is 5.91 Å². The molecule has 3 rings (SSSR count). The predicted molar refractivity (Wildman–Crippen MR) is 108 cm³/mol. The Morgan fingerprint density at radius 3 is 2.60 bits per heavy atom. The van der Waals surface area contributed by atoms with Crippen LogP contribution in [0.15, 0.2) is 4.52 Å². The number of amides is 3. The van der Waals surface area contributed by atoms with E-state index in [9.17, 15) is 14.7 Å². The van der Waals surface area contributed by atoms with Crippen LogP contribution in [0.2, 0.25) is 0 Å². The monoisotopic (exact) mass is 424 g/mol. The second kappa shape index (κ2) is 10.7. The third-order valence-corrected chi connectivity index (χ3v) is 5.74. The van der Waals surface area contributed by atoms with Crippen LogP contribution in [0.5, 0.6) is 0 Å². The lowest BCUT2D eigenvalue weighted by molar-refractivity contribution is -0.128. The number of rotatable bonds is 7. The van der Waals surface area contributed by atoms with Gasteiger partial charge in [-0.2, -0.15) is 0 Å². The highest BCUT2D eigenvalue weighted by molar-refractivity contribution is 5.90. The van der Waals surface area contributed by atoms with Crippen LogP contribution in [0, 0.1) is 19.8 Å². The largest absolute Gasteiger partial charge is 0.394 e. The smallest absolute Gasteiger partial charge is 0.319 e. The van der Waals surface area contributed by atoms with Gasteiger partial charge in [-0.15, -0.1) is 0 Å². The average Bonchev–Trinajstić information content (AvgIpc) is 3.07. The Kier molecular flexibility index (Phi) is 8.06. The molecule has 1 aromatic rings. The Bertz CT molecular complexity index is 699. The molecule has 10 heteroatoms. The highest BCUT2D eigenvalue weighted by Crippen LogP contribution is 2.23. The van der Waals surface area contributed by atoms with Crippen LogP contribution in [0.4, 0.5) is 10.5 Å². The number of aliphatic hydroxyl groups excluding tert-OH is 1. The summed E-state index contributed by atoms with van der Waals surface area (Å²) in [6.45, 7) is 5.09. The minimum absolute atomic E-state index is 0.0287. The van der Waals surface area contributed by atoms with Crippen LogP contribution in [0.3, 0.4) is 0 Å². The molecule has 30 heavy (non-hydrogen) atoms. The number of anilines is 1. The van der Waals surface area contributed by atoms with Gasteiger partial charge in [0, 0.05) is 25.7 Å². The van der Waals surface area contributed by atoms with Crippen molar-refractivity contribution in [2.24, 2.45) is 5.92 Å². The normalized spacial score (nSPS) is 25.0. The molecule has 2 aliphatic rings. The molecule has 0 bridgehead atoms. The summed E-state index contributed by atoms with van der Waals surface area (Å²) >= 11 is 0. The summed E-state index contributed by atoms with van der Waals surface area (Å²) < 4.78 is 16.3. The Morgan fingerprint density at radius 2 is 1.93 bits per heavy atom. The molecule has 168 valence electrons. The Balaban J connectivity index is 1.40. The zero-order valence-electron chi connectivity index (χ0n) is 17.6. The molecular formula is C20H32N4O6. The van der Waals surface area contributed by atoms with E-state index in [1.165, 1.54) is 0 Å². The molecular weight excluding hydrogens is 392 g/mol. The Labute approximate surface area is 176 Å². The van der Waals surface area contributed by atoms with Gasteiger partial charge < -0.3 is 35.1 Å². The lowest BCUT2D eigenvalue weighted by atomic mass is 9.96. The number of aryl methyl sites for hydroxylation is 2. The van der Waals surface area contributed by atoms with E-state index in [4.69, 9.17) is 14.0 Å². The zero-order chi connectivity index (χ0) is 21.5. The standard InChI is InChI=1S/C20H32N4O6/c1-12-18(13(2)30-24-12)23-20(27)22-16-4-3-15(29-17(16)11-25)5-8-21-19(26)14-6-9-28-10-7-14/h14-17,25H,3-11H2,1-2H3,(H,21,26)(H2,22,23,27)/t15-,16-,17-/m1/s1. The van der Waals surface area contributed by atoms with Crippen molar-refractivity contribution in [2.45, 2.75) is 64.2 Å². The molecule has 0 aromatic carbocycles. The number of aliphatic hydroxyl groups is 1. The number of carbonyl (C=O) groups excluding carboxylic acids is 2. The van der Waals surface area contributed by atoms with Gasteiger partial charge in [-0.05, 0) is 46.0 Å².